The van der Waals surface area contributed by atoms with E-state index in [1.807, 2.05) is 45.0 Å². The van der Waals surface area contributed by atoms with Crippen LogP contribution in [0.5, 0.6) is 0 Å². The summed E-state index contributed by atoms with van der Waals surface area (Å²) in [6, 6.07) is 11.0. The molecule has 9 nitrogen and oxygen atoms in total. The van der Waals surface area contributed by atoms with Gasteiger partial charge in [0.2, 0.25) is 0 Å². The molecular formula is C22H28N6O3. The third-order valence-electron chi connectivity index (χ3n) is 4.70. The highest BCUT2D eigenvalue weighted by Crippen LogP contribution is 2.21. The van der Waals surface area contributed by atoms with Gasteiger partial charge in [-0.05, 0) is 45.0 Å². The van der Waals surface area contributed by atoms with E-state index in [-0.39, 0.29) is 18.1 Å². The van der Waals surface area contributed by atoms with E-state index in [0.29, 0.717) is 36.7 Å². The highest BCUT2D eigenvalue weighted by molar-refractivity contribution is 5.94. The number of aromatic nitrogens is 3. The van der Waals surface area contributed by atoms with Crippen molar-refractivity contribution in [2.45, 2.75) is 26.9 Å². The maximum atomic E-state index is 12.1. The second-order valence-electron chi connectivity index (χ2n) is 7.23. The first-order valence-electron chi connectivity index (χ1n) is 10.3. The quantitative estimate of drug-likeness (QED) is 0.576. The minimum absolute atomic E-state index is 0.132. The van der Waals surface area contributed by atoms with E-state index in [0.717, 1.165) is 11.3 Å². The van der Waals surface area contributed by atoms with E-state index in [9.17, 15) is 9.59 Å². The van der Waals surface area contributed by atoms with Crippen LogP contribution < -0.4 is 10.6 Å². The average molecular weight is 425 g/mol. The molecule has 0 radical (unpaired) electrons. The van der Waals surface area contributed by atoms with Gasteiger partial charge in [0.1, 0.15) is 5.82 Å². The summed E-state index contributed by atoms with van der Waals surface area (Å²) in [4.78, 5) is 29.9. The molecule has 2 aromatic heterocycles. The molecule has 31 heavy (non-hydrogen) atoms. The van der Waals surface area contributed by atoms with Crippen LogP contribution in [0, 0.1) is 0 Å². The number of hydrogen-bond acceptors (Lipinski definition) is 6. The Morgan fingerprint density at radius 2 is 1.90 bits per heavy atom. The molecule has 0 aliphatic carbocycles. The Balaban J connectivity index is 1.71. The predicted octanol–water partition coefficient (Wildman–Crippen LogP) is 3.03. The molecule has 0 saturated carbocycles. The zero-order valence-electron chi connectivity index (χ0n) is 18.3. The van der Waals surface area contributed by atoms with Gasteiger partial charge in [-0.15, -0.1) is 5.10 Å². The van der Waals surface area contributed by atoms with E-state index in [1.165, 1.54) is 0 Å². The van der Waals surface area contributed by atoms with E-state index in [4.69, 9.17) is 4.74 Å². The fourth-order valence-corrected chi connectivity index (χ4v) is 3.07. The van der Waals surface area contributed by atoms with Crippen LogP contribution in [0.15, 0.2) is 42.6 Å². The second kappa shape index (κ2) is 9.92. The molecule has 3 aromatic rings. The smallest absolute Gasteiger partial charge is 0.410 e. The summed E-state index contributed by atoms with van der Waals surface area (Å²) in [7, 11) is 1.60. The largest absolute Gasteiger partial charge is 0.447 e. The molecule has 0 aliphatic heterocycles. The van der Waals surface area contributed by atoms with E-state index < -0.39 is 0 Å². The van der Waals surface area contributed by atoms with Crippen molar-refractivity contribution < 1.29 is 14.3 Å². The normalized spacial score (nSPS) is 10.9. The summed E-state index contributed by atoms with van der Waals surface area (Å²) in [5.41, 5.74) is 3.02. The lowest BCUT2D eigenvalue weighted by atomic mass is 10.1. The zero-order valence-corrected chi connectivity index (χ0v) is 18.3. The van der Waals surface area contributed by atoms with Crippen molar-refractivity contribution in [3.05, 3.63) is 48.2 Å². The molecule has 3 rings (SSSR count). The first kappa shape index (κ1) is 22.1. The van der Waals surface area contributed by atoms with Gasteiger partial charge in [0.05, 0.1) is 18.0 Å². The third kappa shape index (κ3) is 5.30. The molecular weight excluding hydrogens is 396 g/mol. The minimum atomic E-state index is -0.320. The Hall–Kier alpha value is -3.62. The Bertz CT molecular complexity index is 1050. The molecule has 0 atom stereocenters. The van der Waals surface area contributed by atoms with Gasteiger partial charge in [-0.3, -0.25) is 4.79 Å². The molecule has 0 fully saturated rings. The summed E-state index contributed by atoms with van der Waals surface area (Å²) in [6.45, 7) is 7.18. The van der Waals surface area contributed by atoms with Crippen molar-refractivity contribution in [2.75, 3.05) is 32.0 Å². The summed E-state index contributed by atoms with van der Waals surface area (Å²) >= 11 is 0. The molecule has 0 spiro atoms. The number of likely N-dealkylation sites (N-methyl/N-ethyl adjacent to an activating group) is 1. The molecule has 2 amide bonds. The highest BCUT2D eigenvalue weighted by Gasteiger charge is 2.14. The van der Waals surface area contributed by atoms with Gasteiger partial charge in [-0.1, -0.05) is 12.1 Å². The van der Waals surface area contributed by atoms with Crippen LogP contribution in [0.4, 0.5) is 10.6 Å². The van der Waals surface area contributed by atoms with Gasteiger partial charge in [0.15, 0.2) is 5.65 Å². The maximum Gasteiger partial charge on any atom is 0.410 e. The first-order valence-corrected chi connectivity index (χ1v) is 10.3. The third-order valence-corrected chi connectivity index (χ3v) is 4.70. The molecule has 1 aromatic carbocycles. The standard InChI is InChI=1S/C22H28N6O3/c1-5-27(22(30)31-15(2)3)13-12-24-19-10-11-20-25-14-18(28(20)26-19)16-6-8-17(9-7-16)21(29)23-4/h6-11,14-15H,5,12-13H2,1-4H3,(H,23,29)(H,24,26). The molecule has 2 heterocycles. The number of nitrogens with one attached hydrogen (secondary N) is 2. The number of nitrogens with zero attached hydrogens (tertiary/aromatic N) is 4. The van der Waals surface area contributed by atoms with E-state index >= 15 is 0 Å². The summed E-state index contributed by atoms with van der Waals surface area (Å²) in [5.74, 6) is 0.537. The number of benzene rings is 1. The lowest BCUT2D eigenvalue weighted by Gasteiger charge is -2.22. The summed E-state index contributed by atoms with van der Waals surface area (Å²) in [6.07, 6.45) is 1.28. The lowest BCUT2D eigenvalue weighted by molar-refractivity contribution is 0.0794. The Morgan fingerprint density at radius 1 is 1.16 bits per heavy atom. The van der Waals surface area contributed by atoms with Crippen LogP contribution in [-0.2, 0) is 4.74 Å². The Morgan fingerprint density at radius 3 is 2.55 bits per heavy atom. The fourth-order valence-electron chi connectivity index (χ4n) is 3.07. The van der Waals surface area contributed by atoms with Gasteiger partial charge in [-0.2, -0.15) is 0 Å². The zero-order chi connectivity index (χ0) is 22.4. The van der Waals surface area contributed by atoms with Crippen molar-refractivity contribution in [3.8, 4) is 11.3 Å². The number of ether oxygens (including phenoxy) is 1. The molecule has 0 aliphatic rings. The van der Waals surface area contributed by atoms with Gasteiger partial charge in [0.25, 0.3) is 5.91 Å². The summed E-state index contributed by atoms with van der Waals surface area (Å²) in [5, 5.41) is 10.5. The van der Waals surface area contributed by atoms with E-state index in [1.54, 1.807) is 34.8 Å². The van der Waals surface area contributed by atoms with Crippen LogP contribution in [0.2, 0.25) is 0 Å². The molecule has 0 bridgehead atoms. The van der Waals surface area contributed by atoms with Crippen LogP contribution in [0.25, 0.3) is 16.9 Å². The monoisotopic (exact) mass is 424 g/mol. The molecule has 0 unspecified atom stereocenters. The molecule has 9 heteroatoms. The van der Waals surface area contributed by atoms with E-state index in [2.05, 4.69) is 20.7 Å². The number of carbonyl (C=O) groups is 2. The van der Waals surface area contributed by atoms with Gasteiger partial charge in [0, 0.05) is 37.8 Å². The van der Waals surface area contributed by atoms with Gasteiger partial charge in [-0.25, -0.2) is 14.3 Å². The number of carbonyl (C=O) groups excluding carboxylic acids is 2. The molecule has 2 N–H and O–H groups in total. The predicted molar refractivity (Wildman–Crippen MR) is 119 cm³/mol. The fraction of sp³-hybridized carbons (Fsp3) is 0.364. The second-order valence-corrected chi connectivity index (χ2v) is 7.23. The SMILES string of the molecule is CCN(CCNc1ccc2ncc(-c3ccc(C(=O)NC)cc3)n2n1)C(=O)OC(C)C. The first-order chi connectivity index (χ1) is 14.9. The lowest BCUT2D eigenvalue weighted by Crippen LogP contribution is -2.36. The van der Waals surface area contributed by atoms with Gasteiger partial charge < -0.3 is 20.3 Å². The van der Waals surface area contributed by atoms with Crippen molar-refractivity contribution in [1.29, 1.82) is 0 Å². The molecule has 0 saturated heterocycles. The molecule has 164 valence electrons. The number of hydrogen-bond donors (Lipinski definition) is 2. The maximum absolute atomic E-state index is 12.1. The number of amides is 2. The van der Waals surface area contributed by atoms with Crippen molar-refractivity contribution >= 4 is 23.5 Å². The Kier molecular flexibility index (Phi) is 7.07. The average Bonchev–Trinajstić information content (AvgIpc) is 3.19. The van der Waals surface area contributed by atoms with Crippen LogP contribution in [0.1, 0.15) is 31.1 Å². The van der Waals surface area contributed by atoms with Crippen molar-refractivity contribution in [3.63, 3.8) is 0 Å². The highest BCUT2D eigenvalue weighted by atomic mass is 16.6. The number of anilines is 1. The number of imidazole rings is 1. The number of rotatable bonds is 8. The minimum Gasteiger partial charge on any atom is -0.447 e. The topological polar surface area (TPSA) is 101 Å². The number of fused-ring (bicyclic) bond motifs is 1. The van der Waals surface area contributed by atoms with Crippen molar-refractivity contribution in [2.24, 2.45) is 0 Å². The summed E-state index contributed by atoms with van der Waals surface area (Å²) < 4.78 is 7.01. The Labute approximate surface area is 181 Å². The van der Waals surface area contributed by atoms with Crippen LogP contribution in [0.3, 0.4) is 0 Å². The van der Waals surface area contributed by atoms with Crippen LogP contribution in [-0.4, -0.2) is 64.3 Å². The van der Waals surface area contributed by atoms with Crippen molar-refractivity contribution in [1.82, 2.24) is 24.8 Å². The van der Waals surface area contributed by atoms with Crippen LogP contribution >= 0.6 is 0 Å². The van der Waals surface area contributed by atoms with Gasteiger partial charge >= 0.3 is 6.09 Å².